The summed E-state index contributed by atoms with van der Waals surface area (Å²) < 4.78 is 0. The third kappa shape index (κ3) is 2.11. The number of halogens is 1. The average Bonchev–Trinajstić information content (AvgIpc) is 2.13. The van der Waals surface area contributed by atoms with E-state index in [2.05, 4.69) is 22.5 Å². The topological polar surface area (TPSA) is 17.1 Å². The van der Waals surface area contributed by atoms with E-state index in [1.54, 1.807) is 0 Å². The molecule has 0 fully saturated rings. The van der Waals surface area contributed by atoms with Crippen LogP contribution in [0.4, 0.5) is 0 Å². The molecule has 2 heteroatoms. The van der Waals surface area contributed by atoms with Crippen LogP contribution < -0.4 is 0 Å². The average molecular weight is 243 g/mol. The Labute approximate surface area is 88.0 Å². The Morgan fingerprint density at radius 1 is 1.77 bits per heavy atom. The van der Waals surface area contributed by atoms with Crippen molar-refractivity contribution in [1.29, 1.82) is 0 Å². The summed E-state index contributed by atoms with van der Waals surface area (Å²) in [6.07, 6.45) is 2.99. The number of hydrogen-bond donors (Lipinski definition) is 0. The highest BCUT2D eigenvalue weighted by Crippen LogP contribution is 2.31. The van der Waals surface area contributed by atoms with E-state index >= 15 is 0 Å². The van der Waals surface area contributed by atoms with Crippen molar-refractivity contribution in [3.8, 4) is 0 Å². The number of carbonyl (C=O) groups is 1. The molecule has 1 rings (SSSR count). The van der Waals surface area contributed by atoms with E-state index in [-0.39, 0.29) is 11.7 Å². The van der Waals surface area contributed by atoms with Crippen molar-refractivity contribution in [3.05, 3.63) is 23.8 Å². The number of allylic oxidation sites excluding steroid dienone is 3. The first-order chi connectivity index (χ1) is 6.07. The number of Topliss-reactive ketones (excluding diaryl/α,β-unsaturated/α-hetero) is 1. The summed E-state index contributed by atoms with van der Waals surface area (Å²) in [5.74, 6) is 0.712. The summed E-state index contributed by atoms with van der Waals surface area (Å²) in [5.41, 5.74) is 2.04. The molecule has 2 atom stereocenters. The Kier molecular flexibility index (Phi) is 3.48. The predicted octanol–water partition coefficient (Wildman–Crippen LogP) is 3.11. The zero-order valence-electron chi connectivity index (χ0n) is 8.14. The summed E-state index contributed by atoms with van der Waals surface area (Å²) in [6, 6.07) is 0. The fourth-order valence-corrected chi connectivity index (χ4v) is 2.19. The van der Waals surface area contributed by atoms with Gasteiger partial charge in [-0.05, 0) is 24.8 Å². The predicted molar refractivity (Wildman–Crippen MR) is 59.0 cm³/mol. The SMILES string of the molecule is C=C(CBr)[C@@H]1CC=C(C)C(=O)[C@@H]1C. The van der Waals surface area contributed by atoms with Gasteiger partial charge >= 0.3 is 0 Å². The molecule has 0 aromatic heterocycles. The van der Waals surface area contributed by atoms with Crippen LogP contribution in [0.5, 0.6) is 0 Å². The third-order valence-electron chi connectivity index (χ3n) is 2.78. The second-order valence-electron chi connectivity index (χ2n) is 3.67. The van der Waals surface area contributed by atoms with Crippen LogP contribution in [0.25, 0.3) is 0 Å². The van der Waals surface area contributed by atoms with Gasteiger partial charge < -0.3 is 0 Å². The van der Waals surface area contributed by atoms with Crippen LogP contribution in [0, 0.1) is 11.8 Å². The molecule has 0 radical (unpaired) electrons. The fraction of sp³-hybridized carbons (Fsp3) is 0.545. The van der Waals surface area contributed by atoms with Crippen molar-refractivity contribution >= 4 is 21.7 Å². The molecule has 0 N–H and O–H groups in total. The molecular formula is C11H15BrO. The molecule has 1 nitrogen and oxygen atoms in total. The van der Waals surface area contributed by atoms with Crippen molar-refractivity contribution in [3.63, 3.8) is 0 Å². The van der Waals surface area contributed by atoms with Crippen LogP contribution in [-0.2, 0) is 4.79 Å². The lowest BCUT2D eigenvalue weighted by Gasteiger charge is -2.27. The number of rotatable bonds is 2. The molecule has 0 aromatic carbocycles. The van der Waals surface area contributed by atoms with Gasteiger partial charge in [0.1, 0.15) is 0 Å². The Bertz CT molecular complexity index is 265. The largest absolute Gasteiger partial charge is 0.294 e. The zero-order valence-corrected chi connectivity index (χ0v) is 9.73. The van der Waals surface area contributed by atoms with E-state index in [1.165, 1.54) is 0 Å². The number of hydrogen-bond acceptors (Lipinski definition) is 1. The van der Waals surface area contributed by atoms with Crippen LogP contribution in [-0.4, -0.2) is 11.1 Å². The lowest BCUT2D eigenvalue weighted by molar-refractivity contribution is -0.120. The van der Waals surface area contributed by atoms with E-state index in [1.807, 2.05) is 19.9 Å². The van der Waals surface area contributed by atoms with Crippen LogP contribution in [0.1, 0.15) is 20.3 Å². The van der Waals surface area contributed by atoms with Crippen molar-refractivity contribution in [2.75, 3.05) is 5.33 Å². The third-order valence-corrected chi connectivity index (χ3v) is 3.50. The second-order valence-corrected chi connectivity index (χ2v) is 4.23. The molecule has 0 amide bonds. The quantitative estimate of drug-likeness (QED) is 0.538. The summed E-state index contributed by atoms with van der Waals surface area (Å²) in [4.78, 5) is 11.6. The van der Waals surface area contributed by atoms with Crippen LogP contribution in [0.15, 0.2) is 23.8 Å². The first kappa shape index (κ1) is 10.7. The first-order valence-electron chi connectivity index (χ1n) is 4.52. The number of ketones is 1. The summed E-state index contributed by atoms with van der Waals surface area (Å²) in [5, 5.41) is 0.794. The molecule has 1 aliphatic rings. The molecule has 0 spiro atoms. The Morgan fingerprint density at radius 2 is 2.38 bits per heavy atom. The Balaban J connectivity index is 2.82. The van der Waals surface area contributed by atoms with E-state index < -0.39 is 0 Å². The fourth-order valence-electron chi connectivity index (χ4n) is 1.77. The van der Waals surface area contributed by atoms with Gasteiger partial charge in [0, 0.05) is 11.2 Å². The monoisotopic (exact) mass is 242 g/mol. The van der Waals surface area contributed by atoms with E-state index in [4.69, 9.17) is 0 Å². The molecule has 0 saturated heterocycles. The van der Waals surface area contributed by atoms with Crippen molar-refractivity contribution in [2.24, 2.45) is 11.8 Å². The van der Waals surface area contributed by atoms with Crippen molar-refractivity contribution in [1.82, 2.24) is 0 Å². The van der Waals surface area contributed by atoms with Gasteiger partial charge in [-0.2, -0.15) is 0 Å². The molecule has 0 aliphatic heterocycles. The number of alkyl halides is 1. The molecule has 72 valence electrons. The van der Waals surface area contributed by atoms with Gasteiger partial charge in [-0.1, -0.05) is 41.1 Å². The van der Waals surface area contributed by atoms with Gasteiger partial charge in [0.15, 0.2) is 5.78 Å². The molecule has 0 unspecified atom stereocenters. The molecule has 13 heavy (non-hydrogen) atoms. The van der Waals surface area contributed by atoms with Crippen LogP contribution in [0.2, 0.25) is 0 Å². The molecule has 1 aliphatic carbocycles. The van der Waals surface area contributed by atoms with Crippen molar-refractivity contribution < 1.29 is 4.79 Å². The smallest absolute Gasteiger partial charge is 0.161 e. The summed E-state index contributed by atoms with van der Waals surface area (Å²) in [7, 11) is 0. The lowest BCUT2D eigenvalue weighted by atomic mass is 9.77. The highest BCUT2D eigenvalue weighted by Gasteiger charge is 2.29. The number of carbonyl (C=O) groups excluding carboxylic acids is 1. The summed E-state index contributed by atoms with van der Waals surface area (Å²) in [6.45, 7) is 7.87. The van der Waals surface area contributed by atoms with E-state index in [9.17, 15) is 4.79 Å². The summed E-state index contributed by atoms with van der Waals surface area (Å²) >= 11 is 3.38. The second kappa shape index (κ2) is 4.23. The van der Waals surface area contributed by atoms with Gasteiger partial charge in [0.25, 0.3) is 0 Å². The normalized spacial score (nSPS) is 28.5. The van der Waals surface area contributed by atoms with Gasteiger partial charge in [0.05, 0.1) is 0 Å². The first-order valence-corrected chi connectivity index (χ1v) is 5.64. The standard InChI is InChI=1S/C11H15BrO/c1-7-4-5-10(8(2)6-12)9(3)11(7)13/h4,9-10H,2,5-6H2,1,3H3/t9-,10+/m1/s1. The molecular weight excluding hydrogens is 228 g/mol. The maximum absolute atomic E-state index is 11.6. The maximum atomic E-state index is 11.6. The lowest BCUT2D eigenvalue weighted by Crippen LogP contribution is -2.27. The minimum atomic E-state index is 0.107. The molecule has 0 bridgehead atoms. The van der Waals surface area contributed by atoms with Gasteiger partial charge in [-0.3, -0.25) is 4.79 Å². The molecule has 0 heterocycles. The van der Waals surface area contributed by atoms with Crippen molar-refractivity contribution in [2.45, 2.75) is 20.3 Å². The minimum Gasteiger partial charge on any atom is -0.294 e. The van der Waals surface area contributed by atoms with Crippen LogP contribution in [0.3, 0.4) is 0 Å². The minimum absolute atomic E-state index is 0.107. The highest BCUT2D eigenvalue weighted by atomic mass is 79.9. The molecule has 0 saturated carbocycles. The van der Waals surface area contributed by atoms with Gasteiger partial charge in [-0.15, -0.1) is 0 Å². The van der Waals surface area contributed by atoms with E-state index in [0.717, 1.165) is 22.9 Å². The van der Waals surface area contributed by atoms with Gasteiger partial charge in [-0.25, -0.2) is 0 Å². The molecule has 0 aromatic rings. The highest BCUT2D eigenvalue weighted by molar-refractivity contribution is 9.09. The Hall–Kier alpha value is -0.370. The van der Waals surface area contributed by atoms with Gasteiger partial charge in [0.2, 0.25) is 0 Å². The van der Waals surface area contributed by atoms with Crippen LogP contribution >= 0.6 is 15.9 Å². The maximum Gasteiger partial charge on any atom is 0.161 e. The Morgan fingerprint density at radius 3 is 2.92 bits per heavy atom. The zero-order chi connectivity index (χ0) is 10.0. The van der Waals surface area contributed by atoms with E-state index in [0.29, 0.717) is 5.92 Å².